The Morgan fingerprint density at radius 3 is 2.82 bits per heavy atom. The van der Waals surface area contributed by atoms with Crippen LogP contribution in [0, 0.1) is 0 Å². The van der Waals surface area contributed by atoms with Gasteiger partial charge in [-0.25, -0.2) is 15.0 Å². The first-order chi connectivity index (χ1) is 19.2. The number of anilines is 1. The van der Waals surface area contributed by atoms with Gasteiger partial charge >= 0.3 is 0 Å². The lowest BCUT2D eigenvalue weighted by Crippen LogP contribution is -2.26. The summed E-state index contributed by atoms with van der Waals surface area (Å²) >= 11 is 1.58. The number of nitrogens with zero attached hydrogens (tertiary/aromatic N) is 4. The van der Waals surface area contributed by atoms with Gasteiger partial charge in [0.05, 0.1) is 28.2 Å². The van der Waals surface area contributed by atoms with Crippen LogP contribution in [-0.4, -0.2) is 26.1 Å². The van der Waals surface area contributed by atoms with Crippen molar-refractivity contribution in [2.45, 2.75) is 25.8 Å². The van der Waals surface area contributed by atoms with E-state index < -0.39 is 0 Å². The van der Waals surface area contributed by atoms with Gasteiger partial charge in [-0.1, -0.05) is 36.4 Å². The lowest BCUT2D eigenvalue weighted by Gasteiger charge is -2.22. The van der Waals surface area contributed by atoms with Crippen LogP contribution in [0.15, 0.2) is 89.4 Å². The third-order valence-electron chi connectivity index (χ3n) is 7.20. The minimum Gasteiger partial charge on any atom is -0.477 e. The number of hydrogen-bond acceptors (Lipinski definition) is 7. The average molecular weight is 532 g/mol. The Morgan fingerprint density at radius 1 is 1.03 bits per heavy atom. The molecule has 1 aliphatic heterocycles. The molecule has 0 bridgehead atoms. The average Bonchev–Trinajstić information content (AvgIpc) is 3.47. The maximum atomic E-state index is 14.4. The highest BCUT2D eigenvalue weighted by Crippen LogP contribution is 2.33. The van der Waals surface area contributed by atoms with Gasteiger partial charge in [-0.3, -0.25) is 9.36 Å². The fraction of sp³-hybridized carbons (Fsp3) is 0.161. The van der Waals surface area contributed by atoms with E-state index in [0.717, 1.165) is 56.5 Å². The molecule has 192 valence electrons. The van der Waals surface area contributed by atoms with E-state index in [-0.39, 0.29) is 11.6 Å². The minimum atomic E-state index is -0.228. The molecule has 2 aromatic carbocycles. The van der Waals surface area contributed by atoms with Gasteiger partial charge in [-0.15, -0.1) is 11.3 Å². The number of pyridine rings is 3. The zero-order valence-corrected chi connectivity index (χ0v) is 22.1. The number of para-hydroxylation sites is 1. The van der Waals surface area contributed by atoms with E-state index in [0.29, 0.717) is 23.7 Å². The largest absolute Gasteiger partial charge is 0.477 e. The van der Waals surface area contributed by atoms with E-state index in [9.17, 15) is 4.79 Å². The Labute approximate surface area is 228 Å². The number of thiazole rings is 1. The molecule has 4 aromatic heterocycles. The highest BCUT2D eigenvalue weighted by molar-refractivity contribution is 7.16. The van der Waals surface area contributed by atoms with Gasteiger partial charge in [0, 0.05) is 34.9 Å². The second-order valence-electron chi connectivity index (χ2n) is 9.68. The number of hydrogen-bond donors (Lipinski definition) is 1. The van der Waals surface area contributed by atoms with E-state index in [1.165, 1.54) is 0 Å². The van der Waals surface area contributed by atoms with Gasteiger partial charge in [-0.05, 0) is 61.0 Å². The molecule has 1 atom stereocenters. The Kier molecular flexibility index (Phi) is 5.82. The number of aryl methyl sites for hydroxylation is 1. The quantitative estimate of drug-likeness (QED) is 0.271. The Balaban J connectivity index is 1.42. The molecule has 7 nitrogen and oxygen atoms in total. The van der Waals surface area contributed by atoms with Crippen LogP contribution in [0.4, 0.5) is 5.82 Å². The highest BCUT2D eigenvalue weighted by atomic mass is 32.1. The van der Waals surface area contributed by atoms with Crippen LogP contribution in [0.3, 0.4) is 0 Å². The van der Waals surface area contributed by atoms with Crippen molar-refractivity contribution in [3.63, 3.8) is 0 Å². The van der Waals surface area contributed by atoms with Crippen molar-refractivity contribution in [2.75, 3.05) is 11.9 Å². The Bertz CT molecular complexity index is 1900. The molecule has 0 fully saturated rings. The fourth-order valence-electron chi connectivity index (χ4n) is 5.35. The number of aromatic nitrogens is 4. The molecule has 1 aliphatic rings. The van der Waals surface area contributed by atoms with E-state index >= 15 is 0 Å². The molecule has 0 amide bonds. The molecular formula is C31H25N5O2S. The lowest BCUT2D eigenvalue weighted by molar-refractivity contribution is 0.276. The molecule has 7 rings (SSSR count). The Hall–Kier alpha value is -4.56. The summed E-state index contributed by atoms with van der Waals surface area (Å²) in [5, 5.41) is 5.06. The monoisotopic (exact) mass is 531 g/mol. The van der Waals surface area contributed by atoms with E-state index in [4.69, 9.17) is 4.74 Å². The van der Waals surface area contributed by atoms with Crippen molar-refractivity contribution < 1.29 is 4.74 Å². The fourth-order valence-corrected chi connectivity index (χ4v) is 6.02. The van der Waals surface area contributed by atoms with Gasteiger partial charge in [0.1, 0.15) is 5.52 Å². The number of nitrogens with one attached hydrogen (secondary N) is 1. The van der Waals surface area contributed by atoms with Crippen LogP contribution in [0.2, 0.25) is 0 Å². The molecule has 0 aliphatic carbocycles. The zero-order valence-electron chi connectivity index (χ0n) is 21.3. The van der Waals surface area contributed by atoms with Crippen molar-refractivity contribution in [1.29, 1.82) is 0 Å². The number of benzene rings is 2. The summed E-state index contributed by atoms with van der Waals surface area (Å²) < 4.78 is 8.59. The van der Waals surface area contributed by atoms with Gasteiger partial charge < -0.3 is 10.1 Å². The molecule has 0 saturated carbocycles. The molecule has 0 saturated heterocycles. The third-order valence-corrected chi connectivity index (χ3v) is 7.99. The molecule has 0 unspecified atom stereocenters. The highest BCUT2D eigenvalue weighted by Gasteiger charge is 2.21. The second-order valence-corrected chi connectivity index (χ2v) is 10.6. The van der Waals surface area contributed by atoms with Crippen LogP contribution >= 0.6 is 11.3 Å². The van der Waals surface area contributed by atoms with Crippen molar-refractivity contribution in [1.82, 2.24) is 19.5 Å². The summed E-state index contributed by atoms with van der Waals surface area (Å²) in [6.07, 6.45) is 5.47. The van der Waals surface area contributed by atoms with Gasteiger partial charge in [-0.2, -0.15) is 0 Å². The summed E-state index contributed by atoms with van der Waals surface area (Å²) in [7, 11) is 0. The first kappa shape index (κ1) is 23.5. The zero-order chi connectivity index (χ0) is 26.3. The number of rotatable bonds is 5. The predicted octanol–water partition coefficient (Wildman–Crippen LogP) is 6.56. The van der Waals surface area contributed by atoms with Crippen LogP contribution in [0.25, 0.3) is 37.8 Å². The smallest absolute Gasteiger partial charge is 0.263 e. The summed E-state index contributed by atoms with van der Waals surface area (Å²) in [5.74, 6) is 1.39. The van der Waals surface area contributed by atoms with Crippen LogP contribution in [0.5, 0.6) is 5.88 Å². The predicted molar refractivity (Wildman–Crippen MR) is 156 cm³/mol. The third kappa shape index (κ3) is 4.13. The maximum Gasteiger partial charge on any atom is 0.263 e. The molecule has 6 aromatic rings. The summed E-state index contributed by atoms with van der Waals surface area (Å²) in [6, 6.07) is 21.7. The normalized spacial score (nSPS) is 13.7. The van der Waals surface area contributed by atoms with Crippen LogP contribution in [-0.2, 0) is 6.42 Å². The summed E-state index contributed by atoms with van der Waals surface area (Å²) in [4.78, 5) is 28.0. The van der Waals surface area contributed by atoms with Crippen molar-refractivity contribution in [3.05, 3.63) is 106 Å². The summed E-state index contributed by atoms with van der Waals surface area (Å²) in [6.45, 7) is 2.74. The first-order valence-electron chi connectivity index (χ1n) is 13.0. The minimum absolute atomic E-state index is 0.0771. The van der Waals surface area contributed by atoms with E-state index in [1.54, 1.807) is 22.1 Å². The Morgan fingerprint density at radius 2 is 1.92 bits per heavy atom. The maximum absolute atomic E-state index is 14.4. The van der Waals surface area contributed by atoms with Gasteiger partial charge in [0.25, 0.3) is 5.56 Å². The molecule has 0 radical (unpaired) electrons. The lowest BCUT2D eigenvalue weighted by atomic mass is 9.97. The second kappa shape index (κ2) is 9.63. The van der Waals surface area contributed by atoms with E-state index in [2.05, 4.69) is 32.4 Å². The topological polar surface area (TPSA) is 81.9 Å². The van der Waals surface area contributed by atoms with Crippen LogP contribution < -0.4 is 15.6 Å². The molecule has 8 heteroatoms. The van der Waals surface area contributed by atoms with Gasteiger partial charge in [0.2, 0.25) is 5.88 Å². The van der Waals surface area contributed by atoms with Crippen LogP contribution in [0.1, 0.15) is 30.6 Å². The SMILES string of the molecule is C[C@H](Nc1nccc2scnc12)c1cc2cccc(-c3cnc4c(c3)CCCO4)c2c(=O)n1-c1ccccc1. The van der Waals surface area contributed by atoms with Crippen molar-refractivity contribution in [2.24, 2.45) is 0 Å². The molecule has 39 heavy (non-hydrogen) atoms. The van der Waals surface area contributed by atoms with Crippen molar-refractivity contribution in [3.8, 4) is 22.7 Å². The van der Waals surface area contributed by atoms with E-state index in [1.807, 2.05) is 73.2 Å². The number of ether oxygens (including phenoxy) is 1. The molecule has 5 heterocycles. The molecular weight excluding hydrogens is 506 g/mol. The first-order valence-corrected chi connectivity index (χ1v) is 13.9. The molecule has 0 spiro atoms. The van der Waals surface area contributed by atoms with Crippen molar-refractivity contribution >= 4 is 38.1 Å². The number of fused-ring (bicyclic) bond motifs is 3. The summed E-state index contributed by atoms with van der Waals surface area (Å²) in [5.41, 5.74) is 7.07. The van der Waals surface area contributed by atoms with Gasteiger partial charge in [0.15, 0.2) is 5.82 Å². The standard InChI is InChI=1S/C31H25N5O2S/c1-19(35-29-28-26(12-13-32-29)39-18-34-28)25-16-20-7-5-11-24(22-15-21-8-6-14-38-30(21)33-17-22)27(20)31(37)36(25)23-9-3-2-4-10-23/h2-5,7,9-13,15-19H,6,8,14H2,1H3,(H,32,35)/t19-/m0/s1. The molecule has 1 N–H and O–H groups in total.